The third kappa shape index (κ3) is 3.58. The number of hydrogen-bond donors (Lipinski definition) is 1. The second-order valence-corrected chi connectivity index (χ2v) is 7.57. The molecule has 2 N–H and O–H groups in total. The summed E-state index contributed by atoms with van der Waals surface area (Å²) >= 11 is 0. The molecule has 0 saturated carbocycles. The van der Waals surface area contributed by atoms with Crippen LogP contribution in [0.5, 0.6) is 0 Å². The van der Waals surface area contributed by atoms with Gasteiger partial charge in [0.15, 0.2) is 9.84 Å². The van der Waals surface area contributed by atoms with E-state index in [1.165, 1.54) is 0 Å². The molecule has 1 aromatic carbocycles. The van der Waals surface area contributed by atoms with Crippen molar-refractivity contribution in [3.63, 3.8) is 0 Å². The number of hydrogen-bond acceptors (Lipinski definition) is 4. The van der Waals surface area contributed by atoms with Crippen LogP contribution in [0.1, 0.15) is 12.0 Å². The highest BCUT2D eigenvalue weighted by atomic mass is 32.2. The van der Waals surface area contributed by atoms with Crippen molar-refractivity contribution in [2.75, 3.05) is 19.3 Å². The van der Waals surface area contributed by atoms with E-state index in [0.29, 0.717) is 13.1 Å². The van der Waals surface area contributed by atoms with Gasteiger partial charge < -0.3 is 10.6 Å². The number of sulfone groups is 1. The lowest BCUT2D eigenvalue weighted by molar-refractivity contribution is -0.129. The van der Waals surface area contributed by atoms with Crippen LogP contribution in [-0.2, 0) is 21.1 Å². The lowest BCUT2D eigenvalue weighted by Gasteiger charge is -2.22. The first kappa shape index (κ1) is 15.0. The summed E-state index contributed by atoms with van der Waals surface area (Å²) in [7, 11) is -3.45. The van der Waals surface area contributed by atoms with Crippen molar-refractivity contribution in [3.05, 3.63) is 35.9 Å². The summed E-state index contributed by atoms with van der Waals surface area (Å²) in [5, 5.41) is -1.02. The average molecular weight is 296 g/mol. The summed E-state index contributed by atoms with van der Waals surface area (Å²) in [6, 6.07) is 9.16. The van der Waals surface area contributed by atoms with E-state index in [9.17, 15) is 13.2 Å². The molecule has 1 saturated heterocycles. The summed E-state index contributed by atoms with van der Waals surface area (Å²) in [6.07, 6.45) is 2.06. The molecule has 0 radical (unpaired) electrons. The summed E-state index contributed by atoms with van der Waals surface area (Å²) < 4.78 is 23.9. The van der Waals surface area contributed by atoms with Gasteiger partial charge in [-0.05, 0) is 18.4 Å². The Hall–Kier alpha value is -1.40. The van der Waals surface area contributed by atoms with Crippen LogP contribution in [-0.4, -0.2) is 49.9 Å². The number of rotatable bonds is 4. The van der Waals surface area contributed by atoms with Crippen LogP contribution in [0.4, 0.5) is 0 Å². The van der Waals surface area contributed by atoms with Crippen LogP contribution < -0.4 is 5.73 Å². The maximum Gasteiger partial charge on any atom is 0.241 e. The van der Waals surface area contributed by atoms with Gasteiger partial charge in [0.1, 0.15) is 5.25 Å². The highest BCUT2D eigenvalue weighted by molar-refractivity contribution is 7.92. The van der Waals surface area contributed by atoms with Gasteiger partial charge in [-0.2, -0.15) is 0 Å². The molecule has 1 aliphatic heterocycles. The molecule has 0 unspecified atom stereocenters. The van der Waals surface area contributed by atoms with Gasteiger partial charge in [-0.3, -0.25) is 4.79 Å². The first-order chi connectivity index (χ1) is 9.38. The Balaban J connectivity index is 2.18. The van der Waals surface area contributed by atoms with Gasteiger partial charge in [-0.1, -0.05) is 30.3 Å². The molecular formula is C14H20N2O3S. The van der Waals surface area contributed by atoms with Crippen LogP contribution in [0, 0.1) is 0 Å². The highest BCUT2D eigenvalue weighted by Gasteiger charge is 2.35. The molecule has 0 bridgehead atoms. The predicted molar refractivity (Wildman–Crippen MR) is 78.0 cm³/mol. The van der Waals surface area contributed by atoms with E-state index < -0.39 is 15.1 Å². The number of likely N-dealkylation sites (tertiary alicyclic amines) is 1. The number of carbonyl (C=O) groups is 1. The van der Waals surface area contributed by atoms with Crippen molar-refractivity contribution in [3.8, 4) is 0 Å². The molecule has 110 valence electrons. The molecule has 6 heteroatoms. The number of nitrogens with two attached hydrogens (primary N) is 1. The van der Waals surface area contributed by atoms with Crippen molar-refractivity contribution in [1.29, 1.82) is 0 Å². The first-order valence-electron chi connectivity index (χ1n) is 6.65. The highest BCUT2D eigenvalue weighted by Crippen LogP contribution is 2.16. The van der Waals surface area contributed by atoms with E-state index in [2.05, 4.69) is 0 Å². The maximum atomic E-state index is 12.4. The van der Waals surface area contributed by atoms with Gasteiger partial charge in [0.2, 0.25) is 5.91 Å². The number of nitrogens with zero attached hydrogens (tertiary/aromatic N) is 1. The van der Waals surface area contributed by atoms with E-state index in [4.69, 9.17) is 5.73 Å². The predicted octanol–water partition coefficient (Wildman–Crippen LogP) is 0.202. The second kappa shape index (κ2) is 5.93. The number of benzene rings is 1. The van der Waals surface area contributed by atoms with Gasteiger partial charge in [-0.15, -0.1) is 0 Å². The Morgan fingerprint density at radius 2 is 2.05 bits per heavy atom. The minimum Gasteiger partial charge on any atom is -0.340 e. The fourth-order valence-corrected chi connectivity index (χ4v) is 3.45. The van der Waals surface area contributed by atoms with Crippen molar-refractivity contribution in [2.24, 2.45) is 5.73 Å². The Morgan fingerprint density at radius 1 is 1.40 bits per heavy atom. The average Bonchev–Trinajstić information content (AvgIpc) is 2.82. The van der Waals surface area contributed by atoms with Crippen LogP contribution in [0.2, 0.25) is 0 Å². The Kier molecular flexibility index (Phi) is 4.45. The zero-order valence-corrected chi connectivity index (χ0v) is 12.3. The quantitative estimate of drug-likeness (QED) is 0.861. The largest absolute Gasteiger partial charge is 0.340 e. The monoisotopic (exact) mass is 296 g/mol. The standard InChI is InChI=1S/C14H20N2O3S/c1-20(18,19)13(9-11-5-3-2-4-6-11)14(17)16-8-7-12(15)10-16/h2-6,12-13H,7-10,15H2,1H3/t12-,13+/m0/s1. The molecular weight excluding hydrogens is 276 g/mol. The van der Waals surface area contributed by atoms with Gasteiger partial charge in [0.25, 0.3) is 0 Å². The summed E-state index contributed by atoms with van der Waals surface area (Å²) in [5.41, 5.74) is 6.63. The van der Waals surface area contributed by atoms with Crippen LogP contribution >= 0.6 is 0 Å². The van der Waals surface area contributed by atoms with Gasteiger partial charge in [0.05, 0.1) is 0 Å². The Labute approximate surface area is 119 Å². The molecule has 0 spiro atoms. The van der Waals surface area contributed by atoms with Gasteiger partial charge in [0, 0.05) is 25.4 Å². The summed E-state index contributed by atoms with van der Waals surface area (Å²) in [4.78, 5) is 14.0. The molecule has 2 atom stereocenters. The SMILES string of the molecule is CS(=O)(=O)[C@H](Cc1ccccc1)C(=O)N1CC[C@H](N)C1. The van der Waals surface area contributed by atoms with E-state index >= 15 is 0 Å². The topological polar surface area (TPSA) is 80.5 Å². The first-order valence-corrected chi connectivity index (χ1v) is 8.60. The molecule has 2 rings (SSSR count). The van der Waals surface area contributed by atoms with Gasteiger partial charge >= 0.3 is 0 Å². The van der Waals surface area contributed by atoms with Crippen LogP contribution in [0.15, 0.2) is 30.3 Å². The van der Waals surface area contributed by atoms with Crippen LogP contribution in [0.3, 0.4) is 0 Å². The summed E-state index contributed by atoms with van der Waals surface area (Å²) in [6.45, 7) is 0.987. The van der Waals surface area contributed by atoms with Crippen molar-refractivity contribution < 1.29 is 13.2 Å². The molecule has 5 nitrogen and oxygen atoms in total. The molecule has 0 aliphatic carbocycles. The fourth-order valence-electron chi connectivity index (χ4n) is 2.44. The molecule has 0 aromatic heterocycles. The number of carbonyl (C=O) groups excluding carboxylic acids is 1. The fraction of sp³-hybridized carbons (Fsp3) is 0.500. The van der Waals surface area contributed by atoms with Crippen molar-refractivity contribution >= 4 is 15.7 Å². The lowest BCUT2D eigenvalue weighted by Crippen LogP contribution is -2.43. The Morgan fingerprint density at radius 3 is 2.55 bits per heavy atom. The van der Waals surface area contributed by atoms with E-state index in [1.54, 1.807) is 4.90 Å². The minimum atomic E-state index is -3.45. The Bertz CT molecular complexity index is 571. The van der Waals surface area contributed by atoms with Gasteiger partial charge in [-0.25, -0.2) is 8.42 Å². The van der Waals surface area contributed by atoms with Crippen LogP contribution in [0.25, 0.3) is 0 Å². The zero-order valence-electron chi connectivity index (χ0n) is 11.5. The molecule has 1 aliphatic rings. The van der Waals surface area contributed by atoms with Crippen molar-refractivity contribution in [1.82, 2.24) is 4.90 Å². The van der Waals surface area contributed by atoms with Crippen molar-refractivity contribution in [2.45, 2.75) is 24.1 Å². The summed E-state index contributed by atoms with van der Waals surface area (Å²) in [5.74, 6) is -0.329. The molecule has 1 aromatic rings. The molecule has 1 amide bonds. The zero-order chi connectivity index (χ0) is 14.8. The van der Waals surface area contributed by atoms with E-state index in [0.717, 1.165) is 18.2 Å². The second-order valence-electron chi connectivity index (χ2n) is 5.34. The van der Waals surface area contributed by atoms with E-state index in [1.807, 2.05) is 30.3 Å². The molecule has 1 fully saturated rings. The minimum absolute atomic E-state index is 0.0455. The maximum absolute atomic E-state index is 12.4. The third-order valence-electron chi connectivity index (χ3n) is 3.59. The third-order valence-corrected chi connectivity index (χ3v) is 4.99. The molecule has 1 heterocycles. The van der Waals surface area contributed by atoms with E-state index in [-0.39, 0.29) is 18.4 Å². The lowest BCUT2D eigenvalue weighted by atomic mass is 10.1. The normalized spacial score (nSPS) is 20.9. The number of amides is 1. The molecule has 20 heavy (non-hydrogen) atoms. The smallest absolute Gasteiger partial charge is 0.241 e.